The SMILES string of the molecule is CC1OCCC1(Cc1cccc(Br)c1)C(=O)O. The molecular weight excluding hydrogens is 284 g/mol. The molecule has 0 amide bonds. The highest BCUT2D eigenvalue weighted by Gasteiger charge is 2.48. The lowest BCUT2D eigenvalue weighted by Gasteiger charge is -2.27. The smallest absolute Gasteiger partial charge is 0.312 e. The van der Waals surface area contributed by atoms with Gasteiger partial charge in [-0.15, -0.1) is 0 Å². The molecule has 1 aromatic rings. The summed E-state index contributed by atoms with van der Waals surface area (Å²) in [5, 5.41) is 9.47. The molecule has 0 aromatic heterocycles. The van der Waals surface area contributed by atoms with Crippen LogP contribution in [0.2, 0.25) is 0 Å². The zero-order valence-corrected chi connectivity index (χ0v) is 11.2. The van der Waals surface area contributed by atoms with Gasteiger partial charge in [-0.3, -0.25) is 4.79 Å². The number of halogens is 1. The quantitative estimate of drug-likeness (QED) is 0.933. The van der Waals surface area contributed by atoms with Crippen LogP contribution in [-0.4, -0.2) is 23.8 Å². The Labute approximate surface area is 109 Å². The number of carboxylic acids is 1. The highest BCUT2D eigenvalue weighted by Crippen LogP contribution is 2.38. The van der Waals surface area contributed by atoms with E-state index in [9.17, 15) is 9.90 Å². The van der Waals surface area contributed by atoms with E-state index in [-0.39, 0.29) is 6.10 Å². The van der Waals surface area contributed by atoms with Gasteiger partial charge in [0.25, 0.3) is 0 Å². The fourth-order valence-electron chi connectivity index (χ4n) is 2.38. The van der Waals surface area contributed by atoms with Crippen molar-refractivity contribution in [3.63, 3.8) is 0 Å². The predicted molar refractivity (Wildman–Crippen MR) is 67.9 cm³/mol. The van der Waals surface area contributed by atoms with Gasteiger partial charge >= 0.3 is 5.97 Å². The third kappa shape index (κ3) is 2.38. The molecule has 1 aliphatic rings. The predicted octanol–water partition coefficient (Wildman–Crippen LogP) is 2.87. The Bertz CT molecular complexity index is 432. The minimum atomic E-state index is -0.777. The van der Waals surface area contributed by atoms with E-state index in [1.54, 1.807) is 0 Å². The fraction of sp³-hybridized carbons (Fsp3) is 0.462. The van der Waals surface area contributed by atoms with Gasteiger partial charge in [-0.25, -0.2) is 0 Å². The molecule has 1 saturated heterocycles. The number of carbonyl (C=O) groups is 1. The number of hydrogen-bond donors (Lipinski definition) is 1. The Balaban J connectivity index is 2.28. The van der Waals surface area contributed by atoms with Crippen molar-refractivity contribution in [1.29, 1.82) is 0 Å². The van der Waals surface area contributed by atoms with Crippen molar-refractivity contribution in [3.8, 4) is 0 Å². The van der Waals surface area contributed by atoms with Crippen molar-refractivity contribution in [2.45, 2.75) is 25.9 Å². The summed E-state index contributed by atoms with van der Waals surface area (Å²) in [6.45, 7) is 2.38. The van der Waals surface area contributed by atoms with E-state index in [1.165, 1.54) is 0 Å². The molecule has 3 nitrogen and oxygen atoms in total. The lowest BCUT2D eigenvalue weighted by atomic mass is 9.76. The lowest BCUT2D eigenvalue weighted by Crippen LogP contribution is -2.39. The largest absolute Gasteiger partial charge is 0.481 e. The number of hydrogen-bond acceptors (Lipinski definition) is 2. The summed E-state index contributed by atoms with van der Waals surface area (Å²) in [5.74, 6) is -0.762. The van der Waals surface area contributed by atoms with Crippen molar-refractivity contribution in [1.82, 2.24) is 0 Å². The Hall–Kier alpha value is -0.870. The van der Waals surface area contributed by atoms with Gasteiger partial charge in [0.05, 0.1) is 11.5 Å². The topological polar surface area (TPSA) is 46.5 Å². The summed E-state index contributed by atoms with van der Waals surface area (Å²) < 4.78 is 6.41. The molecule has 2 rings (SSSR count). The Morgan fingerprint density at radius 1 is 1.65 bits per heavy atom. The van der Waals surface area contributed by atoms with E-state index in [2.05, 4.69) is 15.9 Å². The zero-order chi connectivity index (χ0) is 12.5. The van der Waals surface area contributed by atoms with Crippen LogP contribution < -0.4 is 0 Å². The Morgan fingerprint density at radius 2 is 2.41 bits per heavy atom. The van der Waals surface area contributed by atoms with Crippen LogP contribution in [0.4, 0.5) is 0 Å². The summed E-state index contributed by atoms with van der Waals surface area (Å²) >= 11 is 3.40. The molecule has 1 aromatic carbocycles. The average molecular weight is 299 g/mol. The van der Waals surface area contributed by atoms with Crippen molar-refractivity contribution < 1.29 is 14.6 Å². The molecule has 0 bridgehead atoms. The molecule has 1 N–H and O–H groups in total. The third-order valence-electron chi connectivity index (χ3n) is 3.53. The van der Waals surface area contributed by atoms with Crippen LogP contribution in [-0.2, 0) is 16.0 Å². The van der Waals surface area contributed by atoms with Gasteiger partial charge in [-0.1, -0.05) is 28.1 Å². The second kappa shape index (κ2) is 4.78. The maximum absolute atomic E-state index is 11.5. The molecule has 17 heavy (non-hydrogen) atoms. The van der Waals surface area contributed by atoms with E-state index in [0.717, 1.165) is 10.0 Å². The van der Waals surface area contributed by atoms with Crippen LogP contribution in [0.5, 0.6) is 0 Å². The number of aliphatic carboxylic acids is 1. The Morgan fingerprint density at radius 3 is 2.94 bits per heavy atom. The van der Waals surface area contributed by atoms with E-state index in [1.807, 2.05) is 31.2 Å². The molecule has 0 spiro atoms. The minimum absolute atomic E-state index is 0.237. The fourth-order valence-corrected chi connectivity index (χ4v) is 2.83. The molecule has 0 radical (unpaired) electrons. The highest BCUT2D eigenvalue weighted by molar-refractivity contribution is 9.10. The van der Waals surface area contributed by atoms with Crippen LogP contribution in [0.25, 0.3) is 0 Å². The number of ether oxygens (including phenoxy) is 1. The highest BCUT2D eigenvalue weighted by atomic mass is 79.9. The van der Waals surface area contributed by atoms with Crippen molar-refractivity contribution in [2.24, 2.45) is 5.41 Å². The first-order chi connectivity index (χ1) is 8.04. The maximum atomic E-state index is 11.5. The monoisotopic (exact) mass is 298 g/mol. The van der Waals surface area contributed by atoms with E-state index in [4.69, 9.17) is 4.74 Å². The summed E-state index contributed by atoms with van der Waals surface area (Å²) in [7, 11) is 0. The molecule has 1 fully saturated rings. The maximum Gasteiger partial charge on any atom is 0.312 e. The van der Waals surface area contributed by atoms with Crippen LogP contribution >= 0.6 is 15.9 Å². The number of benzene rings is 1. The second-order valence-corrected chi connectivity index (χ2v) is 5.45. The standard InChI is InChI=1S/C13H15BrO3/c1-9-13(12(15)16,5-6-17-9)8-10-3-2-4-11(14)7-10/h2-4,7,9H,5-6,8H2,1H3,(H,15,16). The summed E-state index contributed by atoms with van der Waals surface area (Å²) in [6, 6.07) is 7.79. The van der Waals surface area contributed by atoms with Crippen molar-refractivity contribution in [3.05, 3.63) is 34.3 Å². The molecule has 0 saturated carbocycles. The summed E-state index contributed by atoms with van der Waals surface area (Å²) in [4.78, 5) is 11.5. The molecule has 2 atom stereocenters. The van der Waals surface area contributed by atoms with Crippen LogP contribution in [0.3, 0.4) is 0 Å². The normalized spacial score (nSPS) is 28.2. The van der Waals surface area contributed by atoms with Gasteiger partial charge in [-0.2, -0.15) is 0 Å². The van der Waals surface area contributed by atoms with Gasteiger partial charge in [-0.05, 0) is 37.5 Å². The molecule has 4 heteroatoms. The summed E-state index contributed by atoms with van der Waals surface area (Å²) in [6.07, 6.45) is 0.859. The Kier molecular flexibility index (Phi) is 3.54. The first-order valence-electron chi connectivity index (χ1n) is 5.64. The average Bonchev–Trinajstić information content (AvgIpc) is 2.61. The minimum Gasteiger partial charge on any atom is -0.481 e. The molecule has 1 aliphatic heterocycles. The summed E-state index contributed by atoms with van der Waals surface area (Å²) in [5.41, 5.74) is 0.250. The zero-order valence-electron chi connectivity index (χ0n) is 9.65. The molecule has 0 aliphatic carbocycles. The lowest BCUT2D eigenvalue weighted by molar-refractivity contribution is -0.151. The first kappa shape index (κ1) is 12.6. The first-order valence-corrected chi connectivity index (χ1v) is 6.43. The van der Waals surface area contributed by atoms with Gasteiger partial charge in [0, 0.05) is 11.1 Å². The van der Waals surface area contributed by atoms with Gasteiger partial charge < -0.3 is 9.84 Å². The third-order valence-corrected chi connectivity index (χ3v) is 4.02. The molecule has 1 heterocycles. The van der Waals surface area contributed by atoms with Gasteiger partial charge in [0.1, 0.15) is 0 Å². The van der Waals surface area contributed by atoms with E-state index >= 15 is 0 Å². The number of rotatable bonds is 3. The number of carboxylic acid groups (broad SMARTS) is 1. The van der Waals surface area contributed by atoms with E-state index < -0.39 is 11.4 Å². The van der Waals surface area contributed by atoms with Crippen molar-refractivity contribution in [2.75, 3.05) is 6.61 Å². The molecule has 92 valence electrons. The van der Waals surface area contributed by atoms with Crippen LogP contribution in [0.15, 0.2) is 28.7 Å². The second-order valence-electron chi connectivity index (χ2n) is 4.53. The van der Waals surface area contributed by atoms with Crippen LogP contribution in [0, 0.1) is 5.41 Å². The van der Waals surface area contributed by atoms with Gasteiger partial charge in [0.2, 0.25) is 0 Å². The molecule has 2 unspecified atom stereocenters. The molecular formula is C13H15BrO3. The van der Waals surface area contributed by atoms with E-state index in [0.29, 0.717) is 19.4 Å². The van der Waals surface area contributed by atoms with Crippen molar-refractivity contribution >= 4 is 21.9 Å². The van der Waals surface area contributed by atoms with Gasteiger partial charge in [0.15, 0.2) is 0 Å². The van der Waals surface area contributed by atoms with Crippen LogP contribution in [0.1, 0.15) is 18.9 Å².